The average molecular weight is 1030 g/mol. The molecule has 1 fully saturated rings. The van der Waals surface area contributed by atoms with Crippen LogP contribution in [-0.4, -0.2) is 95.4 Å². The molecule has 1 heterocycles. The maximum absolute atomic E-state index is 13.1. The smallest absolute Gasteiger partial charge is 0.394 e. The first-order valence-electron chi connectivity index (χ1n) is 30.1. The van der Waals surface area contributed by atoms with Gasteiger partial charge >= 0.3 is 10.4 Å². The molecule has 0 saturated carbocycles. The third-order valence-corrected chi connectivity index (χ3v) is 15.0. The van der Waals surface area contributed by atoms with Crippen molar-refractivity contribution in [3.05, 3.63) is 12.2 Å². The molecule has 71 heavy (non-hydrogen) atoms. The first-order valence-corrected chi connectivity index (χ1v) is 31.4. The van der Waals surface area contributed by atoms with Gasteiger partial charge in [-0.3, -0.25) is 9.35 Å². The molecule has 0 aromatic heterocycles. The SMILES string of the molecule is CCCCCCCCCCCCCCCCCCCC/C=C/C(O)C(COC1OC(CO)C(O)C(OS(=O)(=O)O)C1O)NC(=O)CCCCCCCCCCCCCCCCCCCCCCCCCC. The molecule has 1 amide bonds. The second-order valence-corrected chi connectivity index (χ2v) is 22.4. The predicted molar refractivity (Wildman–Crippen MR) is 292 cm³/mol. The Kier molecular flexibility index (Phi) is 46.3. The molecule has 0 aliphatic carbocycles. The van der Waals surface area contributed by atoms with E-state index in [2.05, 4.69) is 23.3 Å². The van der Waals surface area contributed by atoms with Crippen LogP contribution in [-0.2, 0) is 28.9 Å². The Morgan fingerprint density at radius 1 is 0.549 bits per heavy atom. The number of hydrogen-bond donors (Lipinski definition) is 6. The highest BCUT2D eigenvalue weighted by Crippen LogP contribution is 2.26. The molecule has 7 unspecified atom stereocenters. The fourth-order valence-electron chi connectivity index (χ4n) is 9.93. The van der Waals surface area contributed by atoms with Crippen LogP contribution in [0.2, 0.25) is 0 Å². The number of allylic oxidation sites excluding steroid dienone is 1. The van der Waals surface area contributed by atoms with E-state index in [1.807, 2.05) is 6.08 Å². The summed E-state index contributed by atoms with van der Waals surface area (Å²) in [6.07, 6.45) is 49.7. The summed E-state index contributed by atoms with van der Waals surface area (Å²) >= 11 is 0. The minimum absolute atomic E-state index is 0.255. The molecule has 13 heteroatoms. The molecule has 422 valence electrons. The lowest BCUT2D eigenvalue weighted by Gasteiger charge is -2.41. The van der Waals surface area contributed by atoms with Crippen molar-refractivity contribution < 1.29 is 51.8 Å². The Labute approximate surface area is 436 Å². The topological polar surface area (TPSA) is 192 Å². The summed E-state index contributed by atoms with van der Waals surface area (Å²) in [5.74, 6) is -0.255. The highest BCUT2D eigenvalue weighted by Gasteiger charge is 2.48. The van der Waals surface area contributed by atoms with E-state index in [1.165, 1.54) is 231 Å². The Hall–Kier alpha value is -1.16. The summed E-state index contributed by atoms with van der Waals surface area (Å²) < 4.78 is 47.9. The number of amides is 1. The quantitative estimate of drug-likeness (QED) is 0.0193. The Morgan fingerprint density at radius 3 is 1.23 bits per heavy atom. The van der Waals surface area contributed by atoms with Crippen molar-refractivity contribution in [2.45, 2.75) is 339 Å². The second kappa shape index (κ2) is 48.5. The van der Waals surface area contributed by atoms with Crippen molar-refractivity contribution in [1.82, 2.24) is 5.32 Å². The number of carbonyl (C=O) groups excluding carboxylic acids is 1. The van der Waals surface area contributed by atoms with Crippen LogP contribution in [0.15, 0.2) is 12.2 Å². The van der Waals surface area contributed by atoms with Gasteiger partial charge in [-0.05, 0) is 19.3 Å². The molecular formula is C58H113NO11S. The van der Waals surface area contributed by atoms with Crippen LogP contribution in [0.3, 0.4) is 0 Å². The molecule has 1 aliphatic rings. The lowest BCUT2D eigenvalue weighted by Crippen LogP contribution is -2.61. The minimum atomic E-state index is -5.09. The Morgan fingerprint density at radius 2 is 0.887 bits per heavy atom. The number of aliphatic hydroxyl groups excluding tert-OH is 4. The number of nitrogens with one attached hydrogen (secondary N) is 1. The van der Waals surface area contributed by atoms with E-state index in [0.717, 1.165) is 38.5 Å². The van der Waals surface area contributed by atoms with Crippen molar-refractivity contribution in [1.29, 1.82) is 0 Å². The lowest BCUT2D eigenvalue weighted by atomic mass is 9.99. The molecule has 0 bridgehead atoms. The summed E-state index contributed by atoms with van der Waals surface area (Å²) in [5.41, 5.74) is 0. The van der Waals surface area contributed by atoms with Crippen LogP contribution in [0.1, 0.15) is 296 Å². The molecule has 12 nitrogen and oxygen atoms in total. The summed E-state index contributed by atoms with van der Waals surface area (Å²) in [7, 11) is -5.09. The van der Waals surface area contributed by atoms with Crippen molar-refractivity contribution >= 4 is 16.3 Å². The number of rotatable bonds is 53. The molecule has 1 aliphatic heterocycles. The van der Waals surface area contributed by atoms with Crippen LogP contribution < -0.4 is 5.32 Å². The van der Waals surface area contributed by atoms with Gasteiger partial charge in [0.15, 0.2) is 6.29 Å². The number of unbranched alkanes of at least 4 members (excludes halogenated alkanes) is 41. The standard InChI is InChI=1S/C58H113NO11S/c1-3-5-7-9-11-13-15-17-19-21-23-25-26-27-28-30-32-34-36-38-40-42-44-46-48-54(62)59-51(50-68-58-56(64)57(70-71(65,66)67)55(63)53(49-60)69-58)52(61)47-45-43-41-39-37-35-33-31-29-24-22-20-18-16-14-12-10-8-6-4-2/h45,47,51-53,55-58,60-61,63-64H,3-44,46,48-50H2,1-2H3,(H,59,62)(H,65,66,67)/b47-45+. The van der Waals surface area contributed by atoms with Crippen molar-refractivity contribution in [2.75, 3.05) is 13.2 Å². The minimum Gasteiger partial charge on any atom is -0.394 e. The van der Waals surface area contributed by atoms with Crippen LogP contribution >= 0.6 is 0 Å². The predicted octanol–water partition coefficient (Wildman–Crippen LogP) is 14.2. The zero-order valence-electron chi connectivity index (χ0n) is 45.8. The van der Waals surface area contributed by atoms with E-state index in [4.69, 9.17) is 9.47 Å². The van der Waals surface area contributed by atoms with Crippen LogP contribution in [0, 0.1) is 0 Å². The van der Waals surface area contributed by atoms with E-state index < -0.39 is 59.9 Å². The van der Waals surface area contributed by atoms with Crippen LogP contribution in [0.5, 0.6) is 0 Å². The van der Waals surface area contributed by atoms with Crippen molar-refractivity contribution in [3.63, 3.8) is 0 Å². The van der Waals surface area contributed by atoms with Gasteiger partial charge in [-0.1, -0.05) is 283 Å². The zero-order valence-corrected chi connectivity index (χ0v) is 46.6. The zero-order chi connectivity index (χ0) is 51.9. The van der Waals surface area contributed by atoms with Crippen LogP contribution in [0.25, 0.3) is 0 Å². The molecule has 0 spiro atoms. The Bertz CT molecular complexity index is 1310. The second-order valence-electron chi connectivity index (χ2n) is 21.3. The van der Waals surface area contributed by atoms with Crippen molar-refractivity contribution in [3.8, 4) is 0 Å². The van der Waals surface area contributed by atoms with Crippen molar-refractivity contribution in [2.24, 2.45) is 0 Å². The number of ether oxygens (including phenoxy) is 2. The molecule has 1 rings (SSSR count). The first kappa shape index (κ1) is 67.9. The largest absolute Gasteiger partial charge is 0.397 e. The number of hydrogen-bond acceptors (Lipinski definition) is 10. The first-order chi connectivity index (χ1) is 34.5. The normalized spacial score (nSPS) is 19.5. The summed E-state index contributed by atoms with van der Waals surface area (Å²) in [4.78, 5) is 13.1. The Balaban J connectivity index is 2.34. The van der Waals surface area contributed by atoms with Gasteiger partial charge in [-0.2, -0.15) is 8.42 Å². The maximum Gasteiger partial charge on any atom is 0.397 e. The van der Waals surface area contributed by atoms with Gasteiger partial charge in [0.2, 0.25) is 5.91 Å². The van der Waals surface area contributed by atoms with Gasteiger partial charge in [0.1, 0.15) is 24.4 Å². The van der Waals surface area contributed by atoms with Gasteiger partial charge in [0.25, 0.3) is 0 Å². The van der Waals surface area contributed by atoms with Crippen LogP contribution in [0.4, 0.5) is 0 Å². The molecular weight excluding hydrogens is 919 g/mol. The van der Waals surface area contributed by atoms with Gasteiger partial charge < -0.3 is 35.2 Å². The fraction of sp³-hybridized carbons (Fsp3) is 0.948. The lowest BCUT2D eigenvalue weighted by molar-refractivity contribution is -0.298. The third kappa shape index (κ3) is 40.8. The molecule has 0 aromatic carbocycles. The maximum atomic E-state index is 13.1. The van der Waals surface area contributed by atoms with E-state index in [-0.39, 0.29) is 18.9 Å². The molecule has 1 saturated heterocycles. The molecule has 0 radical (unpaired) electrons. The van der Waals surface area contributed by atoms with E-state index in [9.17, 15) is 38.2 Å². The monoisotopic (exact) mass is 1030 g/mol. The van der Waals surface area contributed by atoms with E-state index in [1.54, 1.807) is 6.08 Å². The average Bonchev–Trinajstić information content (AvgIpc) is 3.34. The van der Waals surface area contributed by atoms with Gasteiger partial charge in [-0.25, -0.2) is 4.18 Å². The summed E-state index contributed by atoms with van der Waals surface area (Å²) in [5, 5.41) is 45.0. The number of aliphatic hydroxyl groups is 4. The number of carbonyl (C=O) groups is 1. The summed E-state index contributed by atoms with van der Waals surface area (Å²) in [6.45, 7) is 3.45. The third-order valence-electron chi connectivity index (χ3n) is 14.6. The van der Waals surface area contributed by atoms with Gasteiger partial charge in [0, 0.05) is 6.42 Å². The molecule has 0 aromatic rings. The van der Waals surface area contributed by atoms with E-state index >= 15 is 0 Å². The summed E-state index contributed by atoms with van der Waals surface area (Å²) in [6, 6.07) is -0.940. The van der Waals surface area contributed by atoms with Gasteiger partial charge in [-0.15, -0.1) is 0 Å². The molecule has 6 N–H and O–H groups in total. The fourth-order valence-corrected chi connectivity index (χ4v) is 10.4. The van der Waals surface area contributed by atoms with Gasteiger partial charge in [0.05, 0.1) is 25.4 Å². The molecule has 7 atom stereocenters. The highest BCUT2D eigenvalue weighted by molar-refractivity contribution is 7.80. The van der Waals surface area contributed by atoms with E-state index in [0.29, 0.717) is 6.42 Å². The highest BCUT2D eigenvalue weighted by atomic mass is 32.3.